The van der Waals surface area contributed by atoms with Gasteiger partial charge in [-0.25, -0.2) is 4.57 Å². The van der Waals surface area contributed by atoms with Crippen molar-refractivity contribution in [2.24, 2.45) is 0 Å². The highest BCUT2D eigenvalue weighted by Crippen LogP contribution is 2.47. The van der Waals surface area contributed by atoms with E-state index in [1.54, 1.807) is 0 Å². The molecule has 0 amide bonds. The summed E-state index contributed by atoms with van der Waals surface area (Å²) in [5.74, 6) is -1.12. The molecule has 6 N–H and O–H groups in total. The highest BCUT2D eigenvalue weighted by Gasteiger charge is 2.51. The number of aliphatic hydroxyl groups is 5. The van der Waals surface area contributed by atoms with Crippen LogP contribution in [-0.2, 0) is 32.7 Å². The molecule has 6 unspecified atom stereocenters. The quantitative estimate of drug-likeness (QED) is 0.0187. The molecule has 0 bridgehead atoms. The monoisotopic (exact) mass is 778 g/mol. The second-order valence-corrected chi connectivity index (χ2v) is 15.5. The topological polar surface area (TPSA) is 210 Å². The first-order valence-corrected chi connectivity index (χ1v) is 21.6. The number of aliphatic hydroxyl groups excluding tert-OH is 5. The average molecular weight is 779 g/mol. The number of phosphoric ester groups is 1. The lowest BCUT2D eigenvalue weighted by atomic mass is 9.85. The highest BCUT2D eigenvalue weighted by atomic mass is 31.2. The van der Waals surface area contributed by atoms with Crippen LogP contribution in [0.2, 0.25) is 0 Å². The van der Waals surface area contributed by atoms with Gasteiger partial charge in [-0.15, -0.1) is 0 Å². The summed E-state index contributed by atoms with van der Waals surface area (Å²) in [6.07, 6.45) is 16.8. The first-order chi connectivity index (χ1) is 25.4. The van der Waals surface area contributed by atoms with Gasteiger partial charge in [-0.1, -0.05) is 128 Å². The normalized spacial score (nSPS) is 23.7. The van der Waals surface area contributed by atoms with E-state index in [0.29, 0.717) is 12.8 Å². The third kappa shape index (κ3) is 23.8. The van der Waals surface area contributed by atoms with Gasteiger partial charge in [-0.2, -0.15) is 0 Å². The molecule has 1 rings (SSSR count). The lowest BCUT2D eigenvalue weighted by molar-refractivity contribution is -0.220. The number of carbonyl (C=O) groups is 2. The summed E-state index contributed by atoms with van der Waals surface area (Å²) in [5.41, 5.74) is 0. The van der Waals surface area contributed by atoms with E-state index < -0.39 is 75.7 Å². The van der Waals surface area contributed by atoms with Crippen LogP contribution in [-0.4, -0.2) is 98.3 Å². The van der Waals surface area contributed by atoms with Crippen LogP contribution in [0.5, 0.6) is 0 Å². The third-order valence-electron chi connectivity index (χ3n) is 9.30. The summed E-state index contributed by atoms with van der Waals surface area (Å²) in [6.45, 7) is 3.20. The highest BCUT2D eigenvalue weighted by molar-refractivity contribution is 7.47. The van der Waals surface area contributed by atoms with Crippen LogP contribution in [0.25, 0.3) is 0 Å². The smallest absolute Gasteiger partial charge is 0.462 e. The van der Waals surface area contributed by atoms with Gasteiger partial charge in [-0.05, 0) is 38.5 Å². The van der Waals surface area contributed by atoms with E-state index in [4.69, 9.17) is 18.5 Å². The summed E-state index contributed by atoms with van der Waals surface area (Å²) in [5, 5.41) is 49.9. The van der Waals surface area contributed by atoms with Gasteiger partial charge >= 0.3 is 19.8 Å². The van der Waals surface area contributed by atoms with E-state index in [-0.39, 0.29) is 12.8 Å². The molecular formula is C39H71O13P. The zero-order valence-corrected chi connectivity index (χ0v) is 33.2. The lowest BCUT2D eigenvalue weighted by Crippen LogP contribution is -2.64. The molecule has 6 atom stereocenters. The SMILES string of the molecule is CCCC/C=C\C/C=C\CCCCCCCC(=O)OC(COC(=O)CCCCCCCCCCCC)COP(=O)(O)OC1C(O)C(O)C(O)C(O)C1O. The molecular weight excluding hydrogens is 707 g/mol. The van der Waals surface area contributed by atoms with Crippen molar-refractivity contribution in [1.29, 1.82) is 0 Å². The molecule has 0 spiro atoms. The Balaban J connectivity index is 2.54. The largest absolute Gasteiger partial charge is 0.472 e. The Morgan fingerprint density at radius 2 is 1.04 bits per heavy atom. The molecule has 14 heteroatoms. The molecule has 0 aromatic rings. The first-order valence-electron chi connectivity index (χ1n) is 20.1. The van der Waals surface area contributed by atoms with Crippen LogP contribution >= 0.6 is 7.82 Å². The van der Waals surface area contributed by atoms with Crippen molar-refractivity contribution in [1.82, 2.24) is 0 Å². The van der Waals surface area contributed by atoms with E-state index >= 15 is 0 Å². The third-order valence-corrected chi connectivity index (χ3v) is 10.3. The van der Waals surface area contributed by atoms with Gasteiger partial charge in [0.15, 0.2) is 6.10 Å². The Labute approximate surface area is 317 Å². The zero-order valence-electron chi connectivity index (χ0n) is 32.3. The fraction of sp³-hybridized carbons (Fsp3) is 0.846. The number of phosphoric acid groups is 1. The lowest BCUT2D eigenvalue weighted by Gasteiger charge is -2.41. The van der Waals surface area contributed by atoms with E-state index in [1.165, 1.54) is 51.4 Å². The summed E-state index contributed by atoms with van der Waals surface area (Å²) >= 11 is 0. The molecule has 53 heavy (non-hydrogen) atoms. The van der Waals surface area contributed by atoms with Crippen LogP contribution in [0.15, 0.2) is 24.3 Å². The van der Waals surface area contributed by atoms with Gasteiger partial charge in [0.25, 0.3) is 0 Å². The Morgan fingerprint density at radius 3 is 1.58 bits per heavy atom. The maximum atomic E-state index is 12.7. The summed E-state index contributed by atoms with van der Waals surface area (Å²) in [7, 11) is -5.11. The predicted octanol–water partition coefficient (Wildman–Crippen LogP) is 6.50. The summed E-state index contributed by atoms with van der Waals surface area (Å²) in [4.78, 5) is 35.4. The van der Waals surface area contributed by atoms with E-state index in [2.05, 4.69) is 38.2 Å². The summed E-state index contributed by atoms with van der Waals surface area (Å²) < 4.78 is 33.3. The second kappa shape index (κ2) is 30.5. The molecule has 0 aromatic carbocycles. The number of rotatable bonds is 32. The van der Waals surface area contributed by atoms with Crippen molar-refractivity contribution < 1.29 is 63.1 Å². The zero-order chi connectivity index (χ0) is 39.3. The van der Waals surface area contributed by atoms with Crippen molar-refractivity contribution in [2.45, 2.75) is 198 Å². The van der Waals surface area contributed by atoms with Gasteiger partial charge in [0.2, 0.25) is 0 Å². The van der Waals surface area contributed by atoms with Gasteiger partial charge in [0.05, 0.1) is 6.61 Å². The van der Waals surface area contributed by atoms with E-state index in [0.717, 1.165) is 64.2 Å². The van der Waals surface area contributed by atoms with Crippen LogP contribution in [0.1, 0.15) is 155 Å². The predicted molar refractivity (Wildman–Crippen MR) is 203 cm³/mol. The molecule has 0 heterocycles. The van der Waals surface area contributed by atoms with E-state index in [1.807, 2.05) is 0 Å². The molecule has 1 saturated carbocycles. The Kier molecular flexibility index (Phi) is 28.4. The maximum absolute atomic E-state index is 12.7. The molecule has 0 aliphatic heterocycles. The number of hydrogen-bond acceptors (Lipinski definition) is 12. The molecule has 13 nitrogen and oxygen atoms in total. The summed E-state index contributed by atoms with van der Waals surface area (Å²) in [6, 6.07) is 0. The molecule has 0 radical (unpaired) electrons. The Bertz CT molecular complexity index is 1040. The number of ether oxygens (including phenoxy) is 2. The molecule has 1 aliphatic carbocycles. The van der Waals surface area contributed by atoms with Crippen molar-refractivity contribution in [3.8, 4) is 0 Å². The van der Waals surface area contributed by atoms with Crippen molar-refractivity contribution >= 4 is 19.8 Å². The van der Waals surface area contributed by atoms with Crippen LogP contribution in [0.4, 0.5) is 0 Å². The number of carbonyl (C=O) groups excluding carboxylic acids is 2. The number of allylic oxidation sites excluding steroid dienone is 4. The molecule has 0 saturated heterocycles. The van der Waals surface area contributed by atoms with Gasteiger partial charge in [0.1, 0.15) is 43.2 Å². The number of hydrogen-bond donors (Lipinski definition) is 6. The minimum Gasteiger partial charge on any atom is -0.462 e. The minimum absolute atomic E-state index is 0.0825. The van der Waals surface area contributed by atoms with Crippen LogP contribution in [0.3, 0.4) is 0 Å². The molecule has 0 aromatic heterocycles. The van der Waals surface area contributed by atoms with Crippen molar-refractivity contribution in [3.05, 3.63) is 24.3 Å². The number of esters is 2. The second-order valence-electron chi connectivity index (χ2n) is 14.1. The molecule has 310 valence electrons. The number of unbranched alkanes of at least 4 members (excludes halogenated alkanes) is 16. The van der Waals surface area contributed by atoms with Gasteiger partial charge < -0.3 is 39.9 Å². The van der Waals surface area contributed by atoms with Crippen molar-refractivity contribution in [2.75, 3.05) is 13.2 Å². The molecule has 1 aliphatic rings. The van der Waals surface area contributed by atoms with Crippen LogP contribution < -0.4 is 0 Å². The standard InChI is InChI=1S/C39H71O13P/c1-3-5-7-9-11-13-15-16-17-18-20-22-24-26-28-33(41)51-31(29-49-32(40)27-25-23-21-19-14-12-10-8-6-4-2)30-50-53(47,48)52-39-37(45)35(43)34(42)36(44)38(39)46/h9,11,15-16,31,34-39,42-46H,3-8,10,12-14,17-30H2,1-2H3,(H,47,48)/b11-9-,16-15-. The Hall–Kier alpha value is -1.67. The average Bonchev–Trinajstić information content (AvgIpc) is 3.13. The first kappa shape index (κ1) is 49.3. The Morgan fingerprint density at radius 1 is 0.585 bits per heavy atom. The fourth-order valence-electron chi connectivity index (χ4n) is 5.95. The maximum Gasteiger partial charge on any atom is 0.472 e. The van der Waals surface area contributed by atoms with Crippen molar-refractivity contribution in [3.63, 3.8) is 0 Å². The van der Waals surface area contributed by atoms with Gasteiger partial charge in [-0.3, -0.25) is 18.6 Å². The fourth-order valence-corrected chi connectivity index (χ4v) is 6.92. The van der Waals surface area contributed by atoms with E-state index in [9.17, 15) is 44.6 Å². The molecule has 1 fully saturated rings. The van der Waals surface area contributed by atoms with Gasteiger partial charge in [0, 0.05) is 12.8 Å². The minimum atomic E-state index is -5.11. The van der Waals surface area contributed by atoms with Crippen LogP contribution in [0, 0.1) is 0 Å².